The fourth-order valence-corrected chi connectivity index (χ4v) is 1.90. The normalized spacial score (nSPS) is 16.6. The Kier molecular flexibility index (Phi) is 3.49. The maximum absolute atomic E-state index is 11.1. The monoisotopic (exact) mass is 219 g/mol. The lowest BCUT2D eigenvalue weighted by Crippen LogP contribution is -2.34. The van der Waals surface area contributed by atoms with Crippen LogP contribution in [-0.2, 0) is 11.2 Å². The van der Waals surface area contributed by atoms with E-state index >= 15 is 0 Å². The minimum absolute atomic E-state index is 0.354. The van der Waals surface area contributed by atoms with Gasteiger partial charge in [0.2, 0.25) is 0 Å². The van der Waals surface area contributed by atoms with E-state index in [4.69, 9.17) is 0 Å². The Morgan fingerprint density at radius 2 is 2.00 bits per heavy atom. The lowest BCUT2D eigenvalue weighted by molar-refractivity contribution is -0.119. The van der Waals surface area contributed by atoms with Gasteiger partial charge in [-0.1, -0.05) is 13.3 Å². The van der Waals surface area contributed by atoms with Crippen LogP contribution < -0.4 is 4.90 Å². The SMILES string of the molecule is CCCc1ccc(N2CCC(=O)CC2)nn1. The number of ketones is 1. The number of anilines is 1. The second-order valence-corrected chi connectivity index (χ2v) is 4.16. The van der Waals surface area contributed by atoms with Crippen molar-refractivity contribution in [1.29, 1.82) is 0 Å². The van der Waals surface area contributed by atoms with Crippen LogP contribution in [0.1, 0.15) is 31.9 Å². The molecule has 0 spiro atoms. The number of nitrogens with zero attached hydrogens (tertiary/aromatic N) is 3. The van der Waals surface area contributed by atoms with Gasteiger partial charge in [-0.3, -0.25) is 4.79 Å². The maximum Gasteiger partial charge on any atom is 0.151 e. The molecule has 4 nitrogen and oxygen atoms in total. The molecule has 0 radical (unpaired) electrons. The molecule has 1 aliphatic heterocycles. The summed E-state index contributed by atoms with van der Waals surface area (Å²) >= 11 is 0. The first-order chi connectivity index (χ1) is 7.79. The molecule has 1 aromatic rings. The highest BCUT2D eigenvalue weighted by Gasteiger charge is 2.17. The summed E-state index contributed by atoms with van der Waals surface area (Å²) in [5.41, 5.74) is 1.04. The molecule has 0 N–H and O–H groups in total. The number of carbonyl (C=O) groups excluding carboxylic acids is 1. The third kappa shape index (κ3) is 2.56. The highest BCUT2D eigenvalue weighted by atomic mass is 16.1. The van der Waals surface area contributed by atoms with Gasteiger partial charge in [0.05, 0.1) is 5.69 Å². The van der Waals surface area contributed by atoms with Crippen LogP contribution in [-0.4, -0.2) is 29.1 Å². The summed E-state index contributed by atoms with van der Waals surface area (Å²) < 4.78 is 0. The highest BCUT2D eigenvalue weighted by Crippen LogP contribution is 2.15. The zero-order chi connectivity index (χ0) is 11.4. The minimum Gasteiger partial charge on any atom is -0.354 e. The van der Waals surface area contributed by atoms with Crippen molar-refractivity contribution in [3.63, 3.8) is 0 Å². The summed E-state index contributed by atoms with van der Waals surface area (Å²) in [6.45, 7) is 3.69. The van der Waals surface area contributed by atoms with Crippen molar-refractivity contribution in [3.8, 4) is 0 Å². The molecule has 0 saturated carbocycles. The Morgan fingerprint density at radius 1 is 1.25 bits per heavy atom. The average Bonchev–Trinajstić information content (AvgIpc) is 2.32. The summed E-state index contributed by atoms with van der Waals surface area (Å²) in [6, 6.07) is 4.04. The van der Waals surface area contributed by atoms with E-state index in [9.17, 15) is 4.79 Å². The van der Waals surface area contributed by atoms with Crippen LogP contribution in [0.15, 0.2) is 12.1 Å². The van der Waals surface area contributed by atoms with E-state index in [2.05, 4.69) is 22.0 Å². The summed E-state index contributed by atoms with van der Waals surface area (Å²) in [5.74, 6) is 1.25. The van der Waals surface area contributed by atoms with Crippen LogP contribution in [0.4, 0.5) is 5.82 Å². The Labute approximate surface area is 95.7 Å². The molecule has 0 aliphatic carbocycles. The molecular formula is C12H17N3O. The van der Waals surface area contributed by atoms with E-state index in [1.165, 1.54) is 0 Å². The maximum atomic E-state index is 11.1. The van der Waals surface area contributed by atoms with Crippen molar-refractivity contribution >= 4 is 11.6 Å². The van der Waals surface area contributed by atoms with E-state index in [-0.39, 0.29) is 0 Å². The fourth-order valence-electron chi connectivity index (χ4n) is 1.90. The molecule has 0 amide bonds. The molecule has 0 aromatic carbocycles. The van der Waals surface area contributed by atoms with Crippen molar-refractivity contribution in [2.24, 2.45) is 0 Å². The molecule has 0 unspecified atom stereocenters. The zero-order valence-corrected chi connectivity index (χ0v) is 9.65. The first-order valence-corrected chi connectivity index (χ1v) is 5.89. The third-order valence-corrected chi connectivity index (χ3v) is 2.86. The van der Waals surface area contributed by atoms with Gasteiger partial charge < -0.3 is 4.90 Å². The van der Waals surface area contributed by atoms with Crippen LogP contribution in [0.2, 0.25) is 0 Å². The van der Waals surface area contributed by atoms with Gasteiger partial charge in [0.25, 0.3) is 0 Å². The van der Waals surface area contributed by atoms with Crippen LogP contribution in [0.3, 0.4) is 0 Å². The van der Waals surface area contributed by atoms with Crippen LogP contribution in [0, 0.1) is 0 Å². The molecule has 0 atom stereocenters. The van der Waals surface area contributed by atoms with Gasteiger partial charge in [0.1, 0.15) is 5.78 Å². The molecule has 1 aliphatic rings. The lowest BCUT2D eigenvalue weighted by Gasteiger charge is -2.26. The number of piperidine rings is 1. The molecule has 16 heavy (non-hydrogen) atoms. The summed E-state index contributed by atoms with van der Waals surface area (Å²) in [6.07, 6.45) is 3.34. The van der Waals surface area contributed by atoms with Gasteiger partial charge in [-0.05, 0) is 18.6 Å². The van der Waals surface area contributed by atoms with Crippen molar-refractivity contribution < 1.29 is 4.79 Å². The highest BCUT2D eigenvalue weighted by molar-refractivity contribution is 5.80. The molecular weight excluding hydrogens is 202 g/mol. The Hall–Kier alpha value is -1.45. The van der Waals surface area contributed by atoms with E-state index in [1.807, 2.05) is 12.1 Å². The molecule has 2 rings (SSSR count). The van der Waals surface area contributed by atoms with Gasteiger partial charge in [0, 0.05) is 25.9 Å². The smallest absolute Gasteiger partial charge is 0.151 e. The second-order valence-electron chi connectivity index (χ2n) is 4.16. The summed E-state index contributed by atoms with van der Waals surface area (Å²) in [5, 5.41) is 8.40. The predicted octanol–water partition coefficient (Wildman–Crippen LogP) is 1.60. The largest absolute Gasteiger partial charge is 0.354 e. The fraction of sp³-hybridized carbons (Fsp3) is 0.583. The topological polar surface area (TPSA) is 46.1 Å². The van der Waals surface area contributed by atoms with Crippen LogP contribution in [0.5, 0.6) is 0 Å². The number of hydrogen-bond donors (Lipinski definition) is 0. The van der Waals surface area contributed by atoms with E-state index in [0.29, 0.717) is 18.6 Å². The van der Waals surface area contributed by atoms with Crippen molar-refractivity contribution in [2.45, 2.75) is 32.6 Å². The van der Waals surface area contributed by atoms with Crippen molar-refractivity contribution in [3.05, 3.63) is 17.8 Å². The van der Waals surface area contributed by atoms with Gasteiger partial charge in [-0.25, -0.2) is 0 Å². The van der Waals surface area contributed by atoms with E-state index in [0.717, 1.165) is 37.4 Å². The van der Waals surface area contributed by atoms with E-state index in [1.54, 1.807) is 0 Å². The average molecular weight is 219 g/mol. The molecule has 1 fully saturated rings. The molecule has 2 heterocycles. The van der Waals surface area contributed by atoms with Crippen LogP contribution in [0.25, 0.3) is 0 Å². The molecule has 0 bridgehead atoms. The van der Waals surface area contributed by atoms with Crippen molar-refractivity contribution in [1.82, 2.24) is 10.2 Å². The number of carbonyl (C=O) groups is 1. The molecule has 4 heteroatoms. The number of rotatable bonds is 3. The summed E-state index contributed by atoms with van der Waals surface area (Å²) in [7, 11) is 0. The minimum atomic E-state index is 0.354. The molecule has 86 valence electrons. The van der Waals surface area contributed by atoms with E-state index < -0.39 is 0 Å². The first-order valence-electron chi connectivity index (χ1n) is 5.89. The third-order valence-electron chi connectivity index (χ3n) is 2.86. The Bertz CT molecular complexity index is 351. The quantitative estimate of drug-likeness (QED) is 0.774. The van der Waals surface area contributed by atoms with Gasteiger partial charge in [-0.15, -0.1) is 5.10 Å². The lowest BCUT2D eigenvalue weighted by atomic mass is 10.1. The Morgan fingerprint density at radius 3 is 2.56 bits per heavy atom. The van der Waals surface area contributed by atoms with Gasteiger partial charge in [0.15, 0.2) is 5.82 Å². The molecule has 1 saturated heterocycles. The molecule has 1 aromatic heterocycles. The van der Waals surface area contributed by atoms with Gasteiger partial charge >= 0.3 is 0 Å². The summed E-state index contributed by atoms with van der Waals surface area (Å²) in [4.78, 5) is 13.2. The van der Waals surface area contributed by atoms with Crippen LogP contribution >= 0.6 is 0 Å². The number of aromatic nitrogens is 2. The number of aryl methyl sites for hydroxylation is 1. The standard InChI is InChI=1S/C12H17N3O/c1-2-3-10-4-5-12(14-13-10)15-8-6-11(16)7-9-15/h4-5H,2-3,6-9H2,1H3. The zero-order valence-electron chi connectivity index (χ0n) is 9.65. The predicted molar refractivity (Wildman–Crippen MR) is 62.5 cm³/mol. The Balaban J connectivity index is 2.01. The second kappa shape index (κ2) is 5.05. The number of hydrogen-bond acceptors (Lipinski definition) is 4. The number of Topliss-reactive ketones (excluding diaryl/α,β-unsaturated/α-hetero) is 1. The van der Waals surface area contributed by atoms with Crippen molar-refractivity contribution in [2.75, 3.05) is 18.0 Å². The van der Waals surface area contributed by atoms with Gasteiger partial charge in [-0.2, -0.15) is 5.10 Å². The first kappa shape index (κ1) is 11.0.